The van der Waals surface area contributed by atoms with Gasteiger partial charge in [-0.1, -0.05) is 6.42 Å². The molecule has 0 saturated heterocycles. The topological polar surface area (TPSA) is 53.5 Å². The lowest BCUT2D eigenvalue weighted by Gasteiger charge is -2.07. The summed E-state index contributed by atoms with van der Waals surface area (Å²) in [7, 11) is 1.66. The third kappa shape index (κ3) is 4.25. The molecule has 0 atom stereocenters. The molecule has 2 N–H and O–H groups in total. The number of hydrogen-bond acceptors (Lipinski definition) is 3. The number of nitrogens with one attached hydrogen (secondary N) is 2. The van der Waals surface area contributed by atoms with Crippen molar-refractivity contribution < 1.29 is 4.79 Å². The van der Waals surface area contributed by atoms with Crippen LogP contribution in [0.2, 0.25) is 0 Å². The fraction of sp³-hybridized carbons (Fsp3) is 0.800. The Balaban J connectivity index is 2.16. The van der Waals surface area contributed by atoms with Crippen LogP contribution in [0.15, 0.2) is 4.99 Å². The summed E-state index contributed by atoms with van der Waals surface area (Å²) < 4.78 is 0. The molecular formula is C10H19N3O. The van der Waals surface area contributed by atoms with Crippen LogP contribution in [0.1, 0.15) is 32.1 Å². The zero-order valence-electron chi connectivity index (χ0n) is 8.81. The van der Waals surface area contributed by atoms with Gasteiger partial charge in [-0.05, 0) is 12.8 Å². The molecule has 0 unspecified atom stereocenters. The number of amidine groups is 1. The Bertz CT molecular complexity index is 213. The van der Waals surface area contributed by atoms with Crippen LogP contribution in [0.4, 0.5) is 0 Å². The monoisotopic (exact) mass is 197 g/mol. The van der Waals surface area contributed by atoms with Gasteiger partial charge in [-0.3, -0.25) is 9.79 Å². The van der Waals surface area contributed by atoms with Crippen LogP contribution in [0.25, 0.3) is 0 Å². The second-order valence-corrected chi connectivity index (χ2v) is 3.49. The highest BCUT2D eigenvalue weighted by Crippen LogP contribution is 2.05. The molecule has 1 rings (SSSR count). The largest absolute Gasteiger partial charge is 0.373 e. The minimum atomic E-state index is 0.0757. The van der Waals surface area contributed by atoms with E-state index in [9.17, 15) is 4.79 Å². The maximum atomic E-state index is 10.9. The quantitative estimate of drug-likeness (QED) is 0.699. The van der Waals surface area contributed by atoms with Gasteiger partial charge < -0.3 is 10.6 Å². The van der Waals surface area contributed by atoms with E-state index >= 15 is 0 Å². The van der Waals surface area contributed by atoms with Gasteiger partial charge in [0, 0.05) is 33.0 Å². The summed E-state index contributed by atoms with van der Waals surface area (Å²) in [6, 6.07) is 0. The van der Waals surface area contributed by atoms with E-state index in [1.807, 2.05) is 0 Å². The molecule has 0 saturated carbocycles. The summed E-state index contributed by atoms with van der Waals surface area (Å²) in [4.78, 5) is 15.4. The predicted octanol–water partition coefficient (Wildman–Crippen LogP) is 0.685. The van der Waals surface area contributed by atoms with Crippen molar-refractivity contribution in [3.8, 4) is 0 Å². The molecule has 14 heavy (non-hydrogen) atoms. The van der Waals surface area contributed by atoms with Crippen molar-refractivity contribution in [3.63, 3.8) is 0 Å². The summed E-state index contributed by atoms with van der Waals surface area (Å²) in [5.41, 5.74) is 0. The smallest absolute Gasteiger partial charge is 0.221 e. The molecule has 1 amide bonds. The molecule has 4 heteroatoms. The Kier molecular flexibility index (Phi) is 5.04. The van der Waals surface area contributed by atoms with Crippen molar-refractivity contribution in [2.24, 2.45) is 4.99 Å². The van der Waals surface area contributed by atoms with Gasteiger partial charge in [-0.25, -0.2) is 0 Å². The second-order valence-electron chi connectivity index (χ2n) is 3.49. The number of amides is 1. The highest BCUT2D eigenvalue weighted by molar-refractivity contribution is 5.83. The SMILES string of the molecule is CNC(=O)CCNC1=NCCCCC1. The fourth-order valence-electron chi connectivity index (χ4n) is 1.46. The molecule has 0 radical (unpaired) electrons. The van der Waals surface area contributed by atoms with E-state index in [1.165, 1.54) is 19.3 Å². The predicted molar refractivity (Wildman–Crippen MR) is 57.5 cm³/mol. The van der Waals surface area contributed by atoms with Crippen LogP contribution < -0.4 is 10.6 Å². The third-order valence-electron chi connectivity index (χ3n) is 2.33. The first-order valence-electron chi connectivity index (χ1n) is 5.30. The zero-order valence-corrected chi connectivity index (χ0v) is 8.81. The van der Waals surface area contributed by atoms with Gasteiger partial charge >= 0.3 is 0 Å². The number of rotatable bonds is 3. The molecule has 0 bridgehead atoms. The maximum absolute atomic E-state index is 10.9. The summed E-state index contributed by atoms with van der Waals surface area (Å²) >= 11 is 0. The average Bonchev–Trinajstić information content (AvgIpc) is 2.46. The maximum Gasteiger partial charge on any atom is 0.221 e. The molecule has 0 aromatic rings. The van der Waals surface area contributed by atoms with Crippen molar-refractivity contribution in [3.05, 3.63) is 0 Å². The third-order valence-corrected chi connectivity index (χ3v) is 2.33. The van der Waals surface area contributed by atoms with Gasteiger partial charge in [0.25, 0.3) is 0 Å². The van der Waals surface area contributed by atoms with Crippen LogP contribution >= 0.6 is 0 Å². The standard InChI is InChI=1S/C10H19N3O/c1-11-10(14)6-8-13-9-5-3-2-4-7-12-9/h2-8H2,1H3,(H,11,14)(H,12,13). The van der Waals surface area contributed by atoms with E-state index < -0.39 is 0 Å². The van der Waals surface area contributed by atoms with Crippen LogP contribution in [-0.2, 0) is 4.79 Å². The molecule has 0 aromatic heterocycles. The summed E-state index contributed by atoms with van der Waals surface area (Å²) in [5, 5.41) is 5.81. The molecule has 0 fully saturated rings. The van der Waals surface area contributed by atoms with Crippen molar-refractivity contribution in [1.82, 2.24) is 10.6 Å². The lowest BCUT2D eigenvalue weighted by molar-refractivity contribution is -0.120. The fourth-order valence-corrected chi connectivity index (χ4v) is 1.46. The summed E-state index contributed by atoms with van der Waals surface area (Å²) in [6.45, 7) is 1.63. The van der Waals surface area contributed by atoms with Crippen LogP contribution in [0.5, 0.6) is 0 Å². The number of aliphatic imine (C=N–C) groups is 1. The molecule has 80 valence electrons. The summed E-state index contributed by atoms with van der Waals surface area (Å²) in [5.74, 6) is 1.15. The summed E-state index contributed by atoms with van der Waals surface area (Å²) in [6.07, 6.45) is 5.24. The number of carbonyl (C=O) groups excluding carboxylic acids is 1. The highest BCUT2D eigenvalue weighted by Gasteiger charge is 2.04. The molecule has 1 aliphatic rings. The van der Waals surface area contributed by atoms with Crippen LogP contribution in [-0.4, -0.2) is 31.9 Å². The highest BCUT2D eigenvalue weighted by atomic mass is 16.1. The van der Waals surface area contributed by atoms with E-state index in [1.54, 1.807) is 7.05 Å². The van der Waals surface area contributed by atoms with E-state index in [0.29, 0.717) is 13.0 Å². The van der Waals surface area contributed by atoms with Crippen molar-refractivity contribution in [2.45, 2.75) is 32.1 Å². The first kappa shape index (κ1) is 11.0. The van der Waals surface area contributed by atoms with Gasteiger partial charge in [0.15, 0.2) is 0 Å². The van der Waals surface area contributed by atoms with Gasteiger partial charge in [-0.15, -0.1) is 0 Å². The molecular weight excluding hydrogens is 178 g/mol. The number of hydrogen-bond donors (Lipinski definition) is 2. The number of nitrogens with zero attached hydrogens (tertiary/aromatic N) is 1. The van der Waals surface area contributed by atoms with E-state index in [2.05, 4.69) is 15.6 Å². The number of carbonyl (C=O) groups is 1. The molecule has 0 spiro atoms. The minimum absolute atomic E-state index is 0.0757. The Morgan fingerprint density at radius 2 is 2.29 bits per heavy atom. The van der Waals surface area contributed by atoms with Crippen LogP contribution in [0.3, 0.4) is 0 Å². The Morgan fingerprint density at radius 1 is 1.43 bits per heavy atom. The van der Waals surface area contributed by atoms with E-state index in [4.69, 9.17) is 0 Å². The average molecular weight is 197 g/mol. The lowest BCUT2D eigenvalue weighted by Crippen LogP contribution is -2.29. The first-order valence-corrected chi connectivity index (χ1v) is 5.30. The Labute approximate surface area is 85.2 Å². The van der Waals surface area contributed by atoms with Crippen molar-refractivity contribution >= 4 is 11.7 Å². The van der Waals surface area contributed by atoms with E-state index in [-0.39, 0.29) is 5.91 Å². The molecule has 0 aliphatic carbocycles. The second kappa shape index (κ2) is 6.40. The van der Waals surface area contributed by atoms with Crippen LogP contribution in [0, 0.1) is 0 Å². The lowest BCUT2D eigenvalue weighted by atomic mass is 10.2. The minimum Gasteiger partial charge on any atom is -0.373 e. The van der Waals surface area contributed by atoms with E-state index in [0.717, 1.165) is 18.8 Å². The van der Waals surface area contributed by atoms with Gasteiger partial charge in [0.2, 0.25) is 5.91 Å². The first-order chi connectivity index (χ1) is 6.83. The van der Waals surface area contributed by atoms with Crippen molar-refractivity contribution in [2.75, 3.05) is 20.1 Å². The van der Waals surface area contributed by atoms with Gasteiger partial charge in [0.05, 0.1) is 5.84 Å². The zero-order chi connectivity index (χ0) is 10.2. The Morgan fingerprint density at radius 3 is 3.07 bits per heavy atom. The van der Waals surface area contributed by atoms with Gasteiger partial charge in [0.1, 0.15) is 0 Å². The normalized spacial score (nSPS) is 16.8. The molecule has 1 aliphatic heterocycles. The molecule has 0 aromatic carbocycles. The van der Waals surface area contributed by atoms with Gasteiger partial charge in [-0.2, -0.15) is 0 Å². The Hall–Kier alpha value is -1.06. The molecule has 1 heterocycles. The molecule has 4 nitrogen and oxygen atoms in total. The van der Waals surface area contributed by atoms with Crippen molar-refractivity contribution in [1.29, 1.82) is 0 Å².